The first-order chi connectivity index (χ1) is 13.2. The van der Waals surface area contributed by atoms with E-state index < -0.39 is 17.0 Å². The van der Waals surface area contributed by atoms with Gasteiger partial charge in [0.2, 0.25) is 0 Å². The van der Waals surface area contributed by atoms with Gasteiger partial charge in [-0.1, -0.05) is 18.6 Å². The molecule has 0 spiro atoms. The van der Waals surface area contributed by atoms with Crippen molar-refractivity contribution in [3.8, 4) is 0 Å². The Hall–Kier alpha value is -1.49. The molecule has 4 nitrogen and oxygen atoms in total. The molecule has 28 heavy (non-hydrogen) atoms. The summed E-state index contributed by atoms with van der Waals surface area (Å²) >= 11 is 0. The average Bonchev–Trinajstić information content (AvgIpc) is 2.99. The van der Waals surface area contributed by atoms with Gasteiger partial charge in [0.15, 0.2) is 5.78 Å². The summed E-state index contributed by atoms with van der Waals surface area (Å²) < 4.78 is 22.5. The van der Waals surface area contributed by atoms with Gasteiger partial charge in [-0.25, -0.2) is 4.39 Å². The fourth-order valence-corrected chi connectivity index (χ4v) is 6.56. The molecule has 0 aromatic rings. The van der Waals surface area contributed by atoms with Gasteiger partial charge in [-0.15, -0.1) is 0 Å². The molecular weight excluding hydrogens is 359 g/mol. The minimum Gasteiger partial charge on any atom is -0.462 e. The summed E-state index contributed by atoms with van der Waals surface area (Å²) in [6.45, 7) is 5.54. The van der Waals surface area contributed by atoms with Crippen molar-refractivity contribution in [2.24, 2.45) is 28.6 Å². The Morgan fingerprint density at radius 3 is 2.75 bits per heavy atom. The molecule has 0 aromatic heterocycles. The van der Waals surface area contributed by atoms with Crippen molar-refractivity contribution in [2.45, 2.75) is 71.1 Å². The van der Waals surface area contributed by atoms with Crippen LogP contribution in [0.5, 0.6) is 0 Å². The highest BCUT2D eigenvalue weighted by Crippen LogP contribution is 2.68. The number of fused-ring (bicyclic) bond motifs is 5. The average molecular weight is 390 g/mol. The van der Waals surface area contributed by atoms with Crippen molar-refractivity contribution in [1.29, 1.82) is 0 Å². The minimum absolute atomic E-state index is 0.0407. The molecule has 0 saturated heterocycles. The third-order valence-electron chi connectivity index (χ3n) is 8.51. The van der Waals surface area contributed by atoms with Crippen LogP contribution in [-0.2, 0) is 14.3 Å². The smallest absolute Gasteiger partial charge is 0.311 e. The van der Waals surface area contributed by atoms with E-state index in [1.54, 1.807) is 19.1 Å². The number of alkyl halides is 1. The molecule has 154 valence electrons. The van der Waals surface area contributed by atoms with Crippen LogP contribution in [0.3, 0.4) is 0 Å². The number of carbonyl (C=O) groups excluding carboxylic acids is 2. The van der Waals surface area contributed by atoms with E-state index in [2.05, 4.69) is 6.92 Å². The maximum absolute atomic E-state index is 16.7. The van der Waals surface area contributed by atoms with Crippen LogP contribution in [0.2, 0.25) is 0 Å². The Labute approximate surface area is 166 Å². The molecule has 7 atom stereocenters. The number of rotatable bonds is 3. The molecule has 0 radical (unpaired) electrons. The molecular formula is C23H31FO4. The van der Waals surface area contributed by atoms with E-state index in [0.717, 1.165) is 31.3 Å². The van der Waals surface area contributed by atoms with Crippen molar-refractivity contribution < 1.29 is 23.8 Å². The summed E-state index contributed by atoms with van der Waals surface area (Å²) in [6.07, 6.45) is 8.95. The normalized spacial score (nSPS) is 45.5. The zero-order chi connectivity index (χ0) is 20.3. The monoisotopic (exact) mass is 390 g/mol. The Kier molecular flexibility index (Phi) is 4.61. The van der Waals surface area contributed by atoms with E-state index in [9.17, 15) is 14.7 Å². The van der Waals surface area contributed by atoms with Crippen LogP contribution in [0.15, 0.2) is 23.8 Å². The topological polar surface area (TPSA) is 63.6 Å². The zero-order valence-corrected chi connectivity index (χ0v) is 17.0. The highest BCUT2D eigenvalue weighted by atomic mass is 19.1. The van der Waals surface area contributed by atoms with Crippen LogP contribution >= 0.6 is 0 Å². The van der Waals surface area contributed by atoms with Gasteiger partial charge in [0.1, 0.15) is 11.8 Å². The summed E-state index contributed by atoms with van der Waals surface area (Å²) in [4.78, 5) is 24.1. The summed E-state index contributed by atoms with van der Waals surface area (Å²) in [6, 6.07) is 0. The quantitative estimate of drug-likeness (QED) is 0.742. The molecule has 3 saturated carbocycles. The van der Waals surface area contributed by atoms with Gasteiger partial charge in [-0.05, 0) is 76.4 Å². The van der Waals surface area contributed by atoms with Crippen LogP contribution in [0.1, 0.15) is 59.3 Å². The lowest BCUT2D eigenvalue weighted by Gasteiger charge is -2.60. The number of hydrogen-bond acceptors (Lipinski definition) is 4. The minimum atomic E-state index is -1.37. The standard InChI is InChI=1S/C23H31FO4/c1-14(13-25)20(27)28-19-7-6-17-18-5-4-15-12-16(26)8-9-22(15,3)23(18,24)11-10-21(17,19)2/h8-9,12,14,17-19,25H,4-7,10-11,13H2,1-3H3/t14?,17-,18-,19?,21-,22-,23+/m0/s1. The third kappa shape index (κ3) is 2.58. The number of esters is 1. The van der Waals surface area contributed by atoms with Crippen molar-refractivity contribution in [3.63, 3.8) is 0 Å². The molecule has 4 rings (SSSR count). The first kappa shape index (κ1) is 19.8. The number of aliphatic hydroxyl groups is 1. The maximum atomic E-state index is 16.7. The molecule has 4 aliphatic carbocycles. The zero-order valence-electron chi connectivity index (χ0n) is 17.0. The summed E-state index contributed by atoms with van der Waals surface area (Å²) in [5.74, 6) is -0.858. The van der Waals surface area contributed by atoms with Gasteiger partial charge >= 0.3 is 5.97 Å². The SMILES string of the molecule is CC(CO)C(=O)OC1CC[C@H]2[C@@H]3CCC4=CC(=O)C=C[C@]4(C)[C@@]3(F)CC[C@]12C. The molecule has 0 bridgehead atoms. The van der Waals surface area contributed by atoms with Crippen LogP contribution in [0.4, 0.5) is 4.39 Å². The van der Waals surface area contributed by atoms with E-state index in [0.29, 0.717) is 12.8 Å². The molecule has 5 heteroatoms. The van der Waals surface area contributed by atoms with Crippen molar-refractivity contribution in [3.05, 3.63) is 23.8 Å². The van der Waals surface area contributed by atoms with Gasteiger partial charge in [0.05, 0.1) is 12.5 Å². The summed E-state index contributed by atoms with van der Waals surface area (Å²) in [5.41, 5.74) is -1.38. The second-order valence-corrected chi connectivity index (χ2v) is 9.81. The molecule has 0 amide bonds. The van der Waals surface area contributed by atoms with Crippen LogP contribution in [0, 0.1) is 28.6 Å². The number of aliphatic hydroxyl groups excluding tert-OH is 1. The van der Waals surface area contributed by atoms with Gasteiger partial charge in [-0.3, -0.25) is 9.59 Å². The second-order valence-electron chi connectivity index (χ2n) is 9.81. The van der Waals surface area contributed by atoms with Gasteiger partial charge in [0.25, 0.3) is 0 Å². The Morgan fingerprint density at radius 1 is 1.29 bits per heavy atom. The predicted octanol–water partition coefficient (Wildman–Crippen LogP) is 3.93. The third-order valence-corrected chi connectivity index (χ3v) is 8.51. The van der Waals surface area contributed by atoms with E-state index in [-0.39, 0.29) is 41.7 Å². The molecule has 1 N–H and O–H groups in total. The highest BCUT2D eigenvalue weighted by Gasteiger charge is 2.67. The van der Waals surface area contributed by atoms with E-state index in [4.69, 9.17) is 4.74 Å². The highest BCUT2D eigenvalue weighted by molar-refractivity contribution is 6.01. The fourth-order valence-electron chi connectivity index (χ4n) is 6.56. The first-order valence-corrected chi connectivity index (χ1v) is 10.6. The Balaban J connectivity index is 1.61. The van der Waals surface area contributed by atoms with E-state index in [1.807, 2.05) is 6.92 Å². The van der Waals surface area contributed by atoms with E-state index in [1.165, 1.54) is 6.08 Å². The number of allylic oxidation sites excluding steroid dienone is 4. The van der Waals surface area contributed by atoms with Crippen LogP contribution in [0.25, 0.3) is 0 Å². The first-order valence-electron chi connectivity index (χ1n) is 10.6. The molecule has 3 fully saturated rings. The van der Waals surface area contributed by atoms with Crippen molar-refractivity contribution in [1.82, 2.24) is 0 Å². The second kappa shape index (κ2) is 6.51. The molecule has 4 aliphatic rings. The predicted molar refractivity (Wildman–Crippen MR) is 103 cm³/mol. The number of ether oxygens (including phenoxy) is 1. The molecule has 0 aromatic carbocycles. The molecule has 0 heterocycles. The lowest BCUT2D eigenvalue weighted by atomic mass is 9.47. The Bertz CT molecular complexity index is 758. The molecule has 2 unspecified atom stereocenters. The van der Waals surface area contributed by atoms with Gasteiger partial charge in [0, 0.05) is 10.8 Å². The maximum Gasteiger partial charge on any atom is 0.311 e. The summed E-state index contributed by atoms with van der Waals surface area (Å²) in [7, 11) is 0. The van der Waals surface area contributed by atoms with Crippen molar-refractivity contribution in [2.75, 3.05) is 6.61 Å². The Morgan fingerprint density at radius 2 is 2.04 bits per heavy atom. The molecule has 0 aliphatic heterocycles. The number of ketones is 1. The van der Waals surface area contributed by atoms with Gasteiger partial charge < -0.3 is 9.84 Å². The van der Waals surface area contributed by atoms with Gasteiger partial charge in [-0.2, -0.15) is 0 Å². The van der Waals surface area contributed by atoms with Crippen LogP contribution < -0.4 is 0 Å². The summed E-state index contributed by atoms with van der Waals surface area (Å²) in [5, 5.41) is 9.24. The lowest BCUT2D eigenvalue weighted by molar-refractivity contribution is -0.172. The fraction of sp³-hybridized carbons (Fsp3) is 0.739. The van der Waals surface area contributed by atoms with Crippen molar-refractivity contribution >= 4 is 11.8 Å². The lowest BCUT2D eigenvalue weighted by Crippen LogP contribution is -2.60. The van der Waals surface area contributed by atoms with Crippen LogP contribution in [-0.4, -0.2) is 35.2 Å². The number of halogens is 1. The van der Waals surface area contributed by atoms with E-state index >= 15 is 4.39 Å². The number of carbonyl (C=O) groups is 2. The largest absolute Gasteiger partial charge is 0.462 e. The number of hydrogen-bond donors (Lipinski definition) is 1.